The fourth-order valence-electron chi connectivity index (χ4n) is 1.91. The Hall–Kier alpha value is -2.23. The quantitative estimate of drug-likeness (QED) is 0.709. The van der Waals surface area contributed by atoms with Gasteiger partial charge in [-0.05, 0) is 37.1 Å². The SMILES string of the molecule is Cc1ccc(-c2nc3nccc(C)c3[nH]2)cc1F. The topological polar surface area (TPSA) is 41.6 Å². The largest absolute Gasteiger partial charge is 0.336 e. The van der Waals surface area contributed by atoms with Crippen molar-refractivity contribution in [1.29, 1.82) is 0 Å². The van der Waals surface area contributed by atoms with Gasteiger partial charge in [-0.25, -0.2) is 14.4 Å². The Morgan fingerprint density at radius 3 is 2.67 bits per heavy atom. The molecular weight excluding hydrogens is 229 g/mol. The van der Waals surface area contributed by atoms with Gasteiger partial charge in [-0.2, -0.15) is 0 Å². The van der Waals surface area contributed by atoms with Crippen LogP contribution in [0.15, 0.2) is 30.5 Å². The van der Waals surface area contributed by atoms with E-state index in [1.165, 1.54) is 6.07 Å². The van der Waals surface area contributed by atoms with Crippen LogP contribution in [0.1, 0.15) is 11.1 Å². The van der Waals surface area contributed by atoms with Crippen molar-refractivity contribution in [3.8, 4) is 11.4 Å². The highest BCUT2D eigenvalue weighted by atomic mass is 19.1. The van der Waals surface area contributed by atoms with Gasteiger partial charge in [0, 0.05) is 11.8 Å². The van der Waals surface area contributed by atoms with Crippen LogP contribution in [0.25, 0.3) is 22.6 Å². The highest BCUT2D eigenvalue weighted by molar-refractivity contribution is 5.78. The van der Waals surface area contributed by atoms with E-state index in [-0.39, 0.29) is 5.82 Å². The van der Waals surface area contributed by atoms with Gasteiger partial charge in [0.25, 0.3) is 0 Å². The van der Waals surface area contributed by atoms with Crippen LogP contribution in [0.4, 0.5) is 4.39 Å². The lowest BCUT2D eigenvalue weighted by atomic mass is 10.1. The molecule has 0 atom stereocenters. The number of aryl methyl sites for hydroxylation is 2. The van der Waals surface area contributed by atoms with E-state index < -0.39 is 0 Å². The molecule has 0 amide bonds. The summed E-state index contributed by atoms with van der Waals surface area (Å²) in [7, 11) is 0. The lowest BCUT2D eigenvalue weighted by molar-refractivity contribution is 0.619. The maximum atomic E-state index is 13.5. The number of pyridine rings is 1. The standard InChI is InChI=1S/C14H12FN3/c1-8-3-4-10(7-11(8)15)13-17-12-9(2)5-6-16-14(12)18-13/h3-7H,1-2H3,(H,16,17,18). The maximum Gasteiger partial charge on any atom is 0.178 e. The van der Waals surface area contributed by atoms with E-state index in [1.807, 2.05) is 19.1 Å². The molecule has 2 heterocycles. The first-order valence-corrected chi connectivity index (χ1v) is 5.73. The van der Waals surface area contributed by atoms with Crippen molar-refractivity contribution in [3.05, 3.63) is 47.4 Å². The molecule has 18 heavy (non-hydrogen) atoms. The molecule has 1 aromatic carbocycles. The van der Waals surface area contributed by atoms with Gasteiger partial charge in [-0.1, -0.05) is 12.1 Å². The summed E-state index contributed by atoms with van der Waals surface area (Å²) in [4.78, 5) is 11.8. The van der Waals surface area contributed by atoms with E-state index >= 15 is 0 Å². The first-order chi connectivity index (χ1) is 8.65. The summed E-state index contributed by atoms with van der Waals surface area (Å²) in [5.74, 6) is 0.420. The maximum absolute atomic E-state index is 13.5. The lowest BCUT2D eigenvalue weighted by Crippen LogP contribution is -1.85. The van der Waals surface area contributed by atoms with Gasteiger partial charge >= 0.3 is 0 Å². The third-order valence-corrected chi connectivity index (χ3v) is 3.05. The summed E-state index contributed by atoms with van der Waals surface area (Å²) in [5.41, 5.74) is 3.99. The monoisotopic (exact) mass is 241 g/mol. The number of nitrogens with zero attached hydrogens (tertiary/aromatic N) is 2. The molecule has 2 aromatic heterocycles. The minimum atomic E-state index is -0.224. The number of nitrogens with one attached hydrogen (secondary N) is 1. The Morgan fingerprint density at radius 2 is 1.94 bits per heavy atom. The number of hydrogen-bond acceptors (Lipinski definition) is 2. The van der Waals surface area contributed by atoms with E-state index in [0.717, 1.165) is 16.6 Å². The number of aromatic amines is 1. The van der Waals surface area contributed by atoms with Gasteiger partial charge in [0.05, 0.1) is 5.52 Å². The molecule has 3 nitrogen and oxygen atoms in total. The summed E-state index contributed by atoms with van der Waals surface area (Å²) in [6.45, 7) is 3.73. The van der Waals surface area contributed by atoms with Crippen molar-refractivity contribution in [2.45, 2.75) is 13.8 Å². The molecule has 0 spiro atoms. The van der Waals surface area contributed by atoms with Crippen LogP contribution in [0, 0.1) is 19.7 Å². The van der Waals surface area contributed by atoms with Gasteiger partial charge in [0.2, 0.25) is 0 Å². The third kappa shape index (κ3) is 1.66. The average molecular weight is 241 g/mol. The Bertz CT molecular complexity index is 731. The molecule has 3 rings (SSSR count). The molecule has 0 bridgehead atoms. The first kappa shape index (κ1) is 10.9. The number of rotatable bonds is 1. The number of halogens is 1. The average Bonchev–Trinajstić information content (AvgIpc) is 2.78. The zero-order valence-corrected chi connectivity index (χ0v) is 10.2. The molecule has 90 valence electrons. The van der Waals surface area contributed by atoms with E-state index in [0.29, 0.717) is 17.0 Å². The van der Waals surface area contributed by atoms with E-state index in [9.17, 15) is 4.39 Å². The molecule has 1 N–H and O–H groups in total. The molecule has 0 aliphatic carbocycles. The van der Waals surface area contributed by atoms with Gasteiger partial charge in [0.1, 0.15) is 11.6 Å². The second-order valence-corrected chi connectivity index (χ2v) is 4.38. The number of imidazole rings is 1. The zero-order valence-electron chi connectivity index (χ0n) is 10.2. The molecule has 3 aromatic rings. The number of aromatic nitrogens is 3. The lowest BCUT2D eigenvalue weighted by Gasteiger charge is -1.99. The minimum Gasteiger partial charge on any atom is -0.336 e. The van der Waals surface area contributed by atoms with Crippen LogP contribution in [-0.4, -0.2) is 15.0 Å². The van der Waals surface area contributed by atoms with Gasteiger partial charge in [-0.3, -0.25) is 0 Å². The van der Waals surface area contributed by atoms with Gasteiger partial charge in [0.15, 0.2) is 5.65 Å². The highest BCUT2D eigenvalue weighted by Gasteiger charge is 2.09. The summed E-state index contributed by atoms with van der Waals surface area (Å²) in [6.07, 6.45) is 1.72. The number of benzene rings is 1. The Labute approximate surface area is 104 Å². The second-order valence-electron chi connectivity index (χ2n) is 4.38. The molecule has 4 heteroatoms. The van der Waals surface area contributed by atoms with Crippen LogP contribution < -0.4 is 0 Å². The summed E-state index contributed by atoms with van der Waals surface area (Å²) >= 11 is 0. The van der Waals surface area contributed by atoms with Crippen molar-refractivity contribution >= 4 is 11.2 Å². The summed E-state index contributed by atoms with van der Waals surface area (Å²) in [6, 6.07) is 7.01. The van der Waals surface area contributed by atoms with Crippen molar-refractivity contribution in [2.75, 3.05) is 0 Å². The Kier molecular flexibility index (Phi) is 2.37. The first-order valence-electron chi connectivity index (χ1n) is 5.73. The number of hydrogen-bond donors (Lipinski definition) is 1. The third-order valence-electron chi connectivity index (χ3n) is 3.05. The highest BCUT2D eigenvalue weighted by Crippen LogP contribution is 2.22. The minimum absolute atomic E-state index is 0.224. The summed E-state index contributed by atoms with van der Waals surface area (Å²) in [5, 5.41) is 0. The number of H-pyrrole nitrogens is 1. The van der Waals surface area contributed by atoms with Crippen LogP contribution in [0.2, 0.25) is 0 Å². The van der Waals surface area contributed by atoms with Gasteiger partial charge in [-0.15, -0.1) is 0 Å². The van der Waals surface area contributed by atoms with Gasteiger partial charge < -0.3 is 4.98 Å². The Balaban J connectivity index is 2.19. The predicted molar refractivity (Wildman–Crippen MR) is 68.8 cm³/mol. The predicted octanol–water partition coefficient (Wildman–Crippen LogP) is 3.38. The summed E-state index contributed by atoms with van der Waals surface area (Å²) < 4.78 is 13.5. The van der Waals surface area contributed by atoms with Crippen molar-refractivity contribution in [2.24, 2.45) is 0 Å². The molecule has 0 aliphatic heterocycles. The molecule has 0 unspecified atom stereocenters. The molecule has 0 saturated heterocycles. The fourth-order valence-corrected chi connectivity index (χ4v) is 1.91. The van der Waals surface area contributed by atoms with Crippen LogP contribution in [0.3, 0.4) is 0 Å². The fraction of sp³-hybridized carbons (Fsp3) is 0.143. The van der Waals surface area contributed by atoms with Crippen LogP contribution >= 0.6 is 0 Å². The van der Waals surface area contributed by atoms with E-state index in [1.54, 1.807) is 19.2 Å². The number of fused-ring (bicyclic) bond motifs is 1. The van der Waals surface area contributed by atoms with Crippen molar-refractivity contribution in [1.82, 2.24) is 15.0 Å². The van der Waals surface area contributed by atoms with Crippen molar-refractivity contribution in [3.63, 3.8) is 0 Å². The molecular formula is C14H12FN3. The van der Waals surface area contributed by atoms with Crippen molar-refractivity contribution < 1.29 is 4.39 Å². The molecule has 0 saturated carbocycles. The van der Waals surface area contributed by atoms with Crippen LogP contribution in [-0.2, 0) is 0 Å². The Morgan fingerprint density at radius 1 is 1.11 bits per heavy atom. The zero-order chi connectivity index (χ0) is 12.7. The van der Waals surface area contributed by atoms with Crippen LogP contribution in [0.5, 0.6) is 0 Å². The van der Waals surface area contributed by atoms with E-state index in [4.69, 9.17) is 0 Å². The second kappa shape index (κ2) is 3.91. The molecule has 0 radical (unpaired) electrons. The normalized spacial score (nSPS) is 11.1. The van der Waals surface area contributed by atoms with E-state index in [2.05, 4.69) is 15.0 Å². The molecule has 0 aliphatic rings. The smallest absolute Gasteiger partial charge is 0.178 e. The molecule has 0 fully saturated rings.